The molecule has 0 bridgehead atoms. The molecule has 8 nitrogen and oxygen atoms in total. The molecule has 0 saturated carbocycles. The summed E-state index contributed by atoms with van der Waals surface area (Å²) in [6.45, 7) is 2.51. The van der Waals surface area contributed by atoms with Gasteiger partial charge in [0.05, 0.1) is 10.6 Å². The maximum absolute atomic E-state index is 10.7. The number of anilines is 1. The van der Waals surface area contributed by atoms with Gasteiger partial charge in [-0.15, -0.1) is 0 Å². The number of aromatic nitrogens is 3. The Bertz CT molecular complexity index is 716. The molecule has 0 amide bonds. The van der Waals surface area contributed by atoms with E-state index in [0.29, 0.717) is 12.4 Å². The topological polar surface area (TPSA) is 110 Å². The summed E-state index contributed by atoms with van der Waals surface area (Å²) in [6, 6.07) is 4.50. The molecule has 0 fully saturated rings. The van der Waals surface area contributed by atoms with Crippen LogP contribution in [0.1, 0.15) is 23.9 Å². The molecule has 0 aliphatic rings. The lowest BCUT2D eigenvalue weighted by Crippen LogP contribution is -2.04. The Kier molecular flexibility index (Phi) is 4.13. The van der Waals surface area contributed by atoms with Crippen LogP contribution in [-0.2, 0) is 20.0 Å². The van der Waals surface area contributed by atoms with E-state index in [9.17, 15) is 10.1 Å². The first-order valence-electron chi connectivity index (χ1n) is 6.36. The van der Waals surface area contributed by atoms with E-state index in [1.807, 2.05) is 20.2 Å². The van der Waals surface area contributed by atoms with Crippen LogP contribution in [0.2, 0.25) is 0 Å². The summed E-state index contributed by atoms with van der Waals surface area (Å²) in [5.41, 5.74) is 1.51. The number of aryl methyl sites for hydroxylation is 2. The largest absolute Gasteiger partial charge is 0.366 e. The molecule has 21 heavy (non-hydrogen) atoms. The zero-order chi connectivity index (χ0) is 15.4. The normalized spacial score (nSPS) is 10.1. The predicted molar refractivity (Wildman–Crippen MR) is 75.5 cm³/mol. The van der Waals surface area contributed by atoms with Gasteiger partial charge in [0.15, 0.2) is 0 Å². The number of hydrogen-bond donors (Lipinski definition) is 1. The van der Waals surface area contributed by atoms with Crippen molar-refractivity contribution < 1.29 is 4.92 Å². The van der Waals surface area contributed by atoms with Crippen molar-refractivity contribution in [2.45, 2.75) is 19.9 Å². The van der Waals surface area contributed by atoms with E-state index in [0.717, 1.165) is 17.7 Å². The Morgan fingerprint density at radius 3 is 2.90 bits per heavy atom. The summed E-state index contributed by atoms with van der Waals surface area (Å²) in [4.78, 5) is 14.1. The molecular weight excluding hydrogens is 272 g/mol. The second-order valence-corrected chi connectivity index (χ2v) is 4.41. The highest BCUT2D eigenvalue weighted by molar-refractivity contribution is 5.50. The number of nitrogens with zero attached hydrogens (tertiary/aromatic N) is 5. The molecule has 8 heteroatoms. The van der Waals surface area contributed by atoms with Crippen molar-refractivity contribution in [3.8, 4) is 6.07 Å². The molecule has 0 aliphatic carbocycles. The van der Waals surface area contributed by atoms with Crippen LogP contribution in [0, 0.1) is 21.4 Å². The van der Waals surface area contributed by atoms with Crippen molar-refractivity contribution in [1.82, 2.24) is 14.8 Å². The van der Waals surface area contributed by atoms with Crippen LogP contribution >= 0.6 is 0 Å². The first kappa shape index (κ1) is 14.5. The molecule has 0 aromatic carbocycles. The van der Waals surface area contributed by atoms with Gasteiger partial charge in [-0.1, -0.05) is 6.92 Å². The van der Waals surface area contributed by atoms with E-state index in [2.05, 4.69) is 15.4 Å². The minimum Gasteiger partial charge on any atom is -0.366 e. The fourth-order valence-corrected chi connectivity index (χ4v) is 1.99. The molecule has 0 saturated heterocycles. The highest BCUT2D eigenvalue weighted by atomic mass is 16.6. The highest BCUT2D eigenvalue weighted by Gasteiger charge is 2.15. The number of nitrogens with one attached hydrogen (secondary N) is 1. The van der Waals surface area contributed by atoms with Crippen molar-refractivity contribution in [2.24, 2.45) is 7.05 Å². The van der Waals surface area contributed by atoms with E-state index < -0.39 is 4.92 Å². The summed E-state index contributed by atoms with van der Waals surface area (Å²) < 4.78 is 1.74. The summed E-state index contributed by atoms with van der Waals surface area (Å²) in [5.74, 6) is 0.419. The Balaban J connectivity index is 2.17. The van der Waals surface area contributed by atoms with Gasteiger partial charge in [-0.25, -0.2) is 4.98 Å². The van der Waals surface area contributed by atoms with Crippen molar-refractivity contribution >= 4 is 11.5 Å². The second kappa shape index (κ2) is 6.00. The lowest BCUT2D eigenvalue weighted by atomic mass is 10.2. The van der Waals surface area contributed by atoms with Gasteiger partial charge in [0.1, 0.15) is 11.9 Å². The fourth-order valence-electron chi connectivity index (χ4n) is 1.99. The first-order valence-corrected chi connectivity index (χ1v) is 6.36. The van der Waals surface area contributed by atoms with Crippen LogP contribution in [0.4, 0.5) is 11.5 Å². The molecule has 0 spiro atoms. The molecule has 0 atom stereocenters. The van der Waals surface area contributed by atoms with E-state index in [1.54, 1.807) is 10.8 Å². The average Bonchev–Trinajstić information content (AvgIpc) is 2.84. The zero-order valence-corrected chi connectivity index (χ0v) is 11.7. The van der Waals surface area contributed by atoms with Gasteiger partial charge in [-0.2, -0.15) is 10.4 Å². The standard InChI is InChI=1S/C13H14N6O2/c1-3-10-9(8-18(2)17-10)7-15-13-5-4-12(19(20)21)11(6-14)16-13/h4-5,8H,3,7H2,1-2H3,(H,15,16). The van der Waals surface area contributed by atoms with E-state index in [4.69, 9.17) is 5.26 Å². The fraction of sp³-hybridized carbons (Fsp3) is 0.308. The Hall–Kier alpha value is -2.95. The lowest BCUT2D eigenvalue weighted by molar-refractivity contribution is -0.385. The summed E-state index contributed by atoms with van der Waals surface area (Å²) in [5, 5.41) is 27.0. The third-order valence-corrected chi connectivity index (χ3v) is 2.96. The van der Waals surface area contributed by atoms with Crippen LogP contribution in [0.25, 0.3) is 0 Å². The Morgan fingerprint density at radius 2 is 2.29 bits per heavy atom. The summed E-state index contributed by atoms with van der Waals surface area (Å²) in [7, 11) is 1.85. The maximum Gasteiger partial charge on any atom is 0.305 e. The highest BCUT2D eigenvalue weighted by Crippen LogP contribution is 2.19. The van der Waals surface area contributed by atoms with Gasteiger partial charge >= 0.3 is 5.69 Å². The quantitative estimate of drug-likeness (QED) is 0.662. The molecule has 0 radical (unpaired) electrons. The maximum atomic E-state index is 10.7. The monoisotopic (exact) mass is 286 g/mol. The third-order valence-electron chi connectivity index (χ3n) is 2.96. The van der Waals surface area contributed by atoms with Gasteiger partial charge in [-0.05, 0) is 12.5 Å². The molecule has 1 N–H and O–H groups in total. The number of nitro groups is 1. The van der Waals surface area contributed by atoms with E-state index in [-0.39, 0.29) is 11.4 Å². The number of nitriles is 1. The molecule has 0 unspecified atom stereocenters. The number of hydrogen-bond acceptors (Lipinski definition) is 6. The molecule has 2 aromatic heterocycles. The average molecular weight is 286 g/mol. The van der Waals surface area contributed by atoms with Crippen LogP contribution in [-0.4, -0.2) is 19.7 Å². The lowest BCUT2D eigenvalue weighted by Gasteiger charge is -2.05. The van der Waals surface area contributed by atoms with Gasteiger partial charge in [0.2, 0.25) is 5.69 Å². The van der Waals surface area contributed by atoms with E-state index >= 15 is 0 Å². The second-order valence-electron chi connectivity index (χ2n) is 4.41. The first-order chi connectivity index (χ1) is 10.0. The van der Waals surface area contributed by atoms with Gasteiger partial charge in [0, 0.05) is 31.4 Å². The summed E-state index contributed by atoms with van der Waals surface area (Å²) in [6.07, 6.45) is 2.72. The van der Waals surface area contributed by atoms with Gasteiger partial charge in [-0.3, -0.25) is 14.8 Å². The van der Waals surface area contributed by atoms with Crippen LogP contribution < -0.4 is 5.32 Å². The minimum atomic E-state index is -0.619. The predicted octanol–water partition coefficient (Wildman–Crippen LogP) is 1.77. The van der Waals surface area contributed by atoms with Gasteiger partial charge in [0.25, 0.3) is 0 Å². The van der Waals surface area contributed by atoms with Crippen molar-refractivity contribution in [2.75, 3.05) is 5.32 Å². The molecule has 0 aliphatic heterocycles. The smallest absolute Gasteiger partial charge is 0.305 e. The van der Waals surface area contributed by atoms with Gasteiger partial charge < -0.3 is 5.32 Å². The number of rotatable bonds is 5. The minimum absolute atomic E-state index is 0.202. The molecule has 2 heterocycles. The molecule has 2 aromatic rings. The van der Waals surface area contributed by atoms with Crippen molar-refractivity contribution in [3.05, 3.63) is 45.4 Å². The Morgan fingerprint density at radius 1 is 1.52 bits per heavy atom. The van der Waals surface area contributed by atoms with Crippen molar-refractivity contribution in [3.63, 3.8) is 0 Å². The van der Waals surface area contributed by atoms with Crippen LogP contribution in [0.5, 0.6) is 0 Å². The zero-order valence-electron chi connectivity index (χ0n) is 11.7. The Labute approximate surface area is 121 Å². The summed E-state index contributed by atoms with van der Waals surface area (Å²) >= 11 is 0. The van der Waals surface area contributed by atoms with Crippen LogP contribution in [0.3, 0.4) is 0 Å². The van der Waals surface area contributed by atoms with E-state index in [1.165, 1.54) is 12.1 Å². The molecular formula is C13H14N6O2. The van der Waals surface area contributed by atoms with Crippen molar-refractivity contribution in [1.29, 1.82) is 5.26 Å². The SMILES string of the molecule is CCc1nn(C)cc1CNc1ccc([N+](=O)[O-])c(C#N)n1. The molecule has 108 valence electrons. The third kappa shape index (κ3) is 3.14. The number of pyridine rings is 1. The molecule has 2 rings (SSSR count). The van der Waals surface area contributed by atoms with Crippen LogP contribution in [0.15, 0.2) is 18.3 Å².